The number of nitrogens with two attached hydrogens (primary N) is 1. The number of nitrogens with zero attached hydrogens (tertiary/aromatic N) is 4. The molecule has 0 amide bonds. The monoisotopic (exact) mass is 264 g/mol. The molecule has 1 aliphatic rings. The van der Waals surface area contributed by atoms with Gasteiger partial charge in [0.25, 0.3) is 5.89 Å². The standard InChI is InChI=1S/C11H16N6O2/c12-8(7-17-3-5-18-6-4-17)10-14-11(19-16-10)9-1-2-13-15-9/h1-2,8H,3-7,12H2,(H,13,15). The van der Waals surface area contributed by atoms with Crippen molar-refractivity contribution >= 4 is 0 Å². The number of ether oxygens (including phenoxy) is 1. The van der Waals surface area contributed by atoms with E-state index in [0.717, 1.165) is 26.3 Å². The summed E-state index contributed by atoms with van der Waals surface area (Å²) in [6.45, 7) is 3.97. The van der Waals surface area contributed by atoms with Gasteiger partial charge < -0.3 is 15.0 Å². The minimum absolute atomic E-state index is 0.265. The molecule has 0 aliphatic carbocycles. The summed E-state index contributed by atoms with van der Waals surface area (Å²) >= 11 is 0. The molecule has 1 unspecified atom stereocenters. The molecule has 1 saturated heterocycles. The van der Waals surface area contributed by atoms with Crippen molar-refractivity contribution in [2.45, 2.75) is 6.04 Å². The van der Waals surface area contributed by atoms with Crippen molar-refractivity contribution in [1.29, 1.82) is 0 Å². The Morgan fingerprint density at radius 3 is 3.00 bits per heavy atom. The van der Waals surface area contributed by atoms with Crippen molar-refractivity contribution in [2.24, 2.45) is 5.73 Å². The largest absolute Gasteiger partial charge is 0.379 e. The van der Waals surface area contributed by atoms with Gasteiger partial charge in [-0.1, -0.05) is 5.16 Å². The van der Waals surface area contributed by atoms with Crippen LogP contribution in [-0.2, 0) is 4.74 Å². The normalized spacial score (nSPS) is 18.6. The van der Waals surface area contributed by atoms with Crippen LogP contribution in [-0.4, -0.2) is 58.1 Å². The molecule has 0 spiro atoms. The summed E-state index contributed by atoms with van der Waals surface area (Å²) in [7, 11) is 0. The second-order valence-corrected chi connectivity index (χ2v) is 4.45. The van der Waals surface area contributed by atoms with E-state index in [1.165, 1.54) is 0 Å². The van der Waals surface area contributed by atoms with E-state index >= 15 is 0 Å². The summed E-state index contributed by atoms with van der Waals surface area (Å²) in [5.74, 6) is 0.918. The number of hydrogen-bond acceptors (Lipinski definition) is 7. The summed E-state index contributed by atoms with van der Waals surface area (Å²) in [5.41, 5.74) is 6.79. The number of nitrogens with one attached hydrogen (secondary N) is 1. The van der Waals surface area contributed by atoms with Crippen LogP contribution in [0.2, 0.25) is 0 Å². The fourth-order valence-electron chi connectivity index (χ4n) is 2.01. The van der Waals surface area contributed by atoms with E-state index in [-0.39, 0.29) is 6.04 Å². The average molecular weight is 264 g/mol. The fourth-order valence-corrected chi connectivity index (χ4v) is 2.01. The molecule has 0 aromatic carbocycles. The first-order valence-electron chi connectivity index (χ1n) is 6.22. The maximum Gasteiger partial charge on any atom is 0.275 e. The van der Waals surface area contributed by atoms with Gasteiger partial charge in [0.05, 0.1) is 19.3 Å². The molecule has 2 aromatic heterocycles. The Hall–Kier alpha value is -1.77. The minimum Gasteiger partial charge on any atom is -0.379 e. The van der Waals surface area contributed by atoms with Gasteiger partial charge in [-0.05, 0) is 6.07 Å². The lowest BCUT2D eigenvalue weighted by atomic mass is 10.2. The van der Waals surface area contributed by atoms with Gasteiger partial charge in [0.2, 0.25) is 0 Å². The Morgan fingerprint density at radius 1 is 1.42 bits per heavy atom. The first kappa shape index (κ1) is 12.3. The highest BCUT2D eigenvalue weighted by atomic mass is 16.5. The topological polar surface area (TPSA) is 106 Å². The van der Waals surface area contributed by atoms with Crippen molar-refractivity contribution in [3.8, 4) is 11.6 Å². The molecular weight excluding hydrogens is 248 g/mol. The van der Waals surface area contributed by atoms with Crippen LogP contribution in [0.3, 0.4) is 0 Å². The Kier molecular flexibility index (Phi) is 3.53. The third-order valence-electron chi connectivity index (χ3n) is 3.06. The average Bonchev–Trinajstić information content (AvgIpc) is 3.11. The maximum absolute atomic E-state index is 6.10. The van der Waals surface area contributed by atoms with Crippen LogP contribution in [0, 0.1) is 0 Å². The molecule has 102 valence electrons. The zero-order valence-corrected chi connectivity index (χ0v) is 10.5. The molecule has 2 aromatic rings. The minimum atomic E-state index is -0.265. The molecule has 3 N–H and O–H groups in total. The molecular formula is C11H16N6O2. The van der Waals surface area contributed by atoms with Crippen molar-refractivity contribution in [3.63, 3.8) is 0 Å². The first-order chi connectivity index (χ1) is 9.33. The Morgan fingerprint density at radius 2 is 2.26 bits per heavy atom. The van der Waals surface area contributed by atoms with Crippen molar-refractivity contribution < 1.29 is 9.26 Å². The smallest absolute Gasteiger partial charge is 0.275 e. The molecule has 1 aliphatic heterocycles. The summed E-state index contributed by atoms with van der Waals surface area (Å²) < 4.78 is 10.5. The second kappa shape index (κ2) is 5.47. The van der Waals surface area contributed by atoms with Crippen LogP contribution in [0.15, 0.2) is 16.8 Å². The van der Waals surface area contributed by atoms with Gasteiger partial charge in [0.15, 0.2) is 5.82 Å². The number of hydrogen-bond donors (Lipinski definition) is 2. The van der Waals surface area contributed by atoms with E-state index in [1.807, 2.05) is 0 Å². The Balaban J connectivity index is 1.65. The van der Waals surface area contributed by atoms with E-state index in [9.17, 15) is 0 Å². The van der Waals surface area contributed by atoms with Gasteiger partial charge in [-0.3, -0.25) is 10.00 Å². The Labute approximate surface area is 109 Å². The molecule has 0 radical (unpaired) electrons. The van der Waals surface area contributed by atoms with Gasteiger partial charge >= 0.3 is 0 Å². The SMILES string of the molecule is NC(CN1CCOCC1)c1noc(-c2ccn[nH]2)n1. The van der Waals surface area contributed by atoms with Crippen molar-refractivity contribution in [3.05, 3.63) is 18.1 Å². The number of rotatable bonds is 4. The number of H-pyrrole nitrogens is 1. The van der Waals surface area contributed by atoms with E-state index in [1.54, 1.807) is 12.3 Å². The molecule has 19 heavy (non-hydrogen) atoms. The van der Waals surface area contributed by atoms with Crippen LogP contribution in [0.25, 0.3) is 11.6 Å². The maximum atomic E-state index is 6.10. The third kappa shape index (κ3) is 2.80. The lowest BCUT2D eigenvalue weighted by Gasteiger charge is -2.27. The van der Waals surface area contributed by atoms with Gasteiger partial charge in [-0.15, -0.1) is 0 Å². The summed E-state index contributed by atoms with van der Waals surface area (Å²) in [6, 6.07) is 1.50. The molecule has 0 bridgehead atoms. The van der Waals surface area contributed by atoms with Gasteiger partial charge in [0.1, 0.15) is 5.69 Å². The number of aromatic amines is 1. The van der Waals surface area contributed by atoms with Crippen LogP contribution < -0.4 is 5.73 Å². The summed E-state index contributed by atoms with van der Waals surface area (Å²) in [4.78, 5) is 6.52. The fraction of sp³-hybridized carbons (Fsp3) is 0.545. The van der Waals surface area contributed by atoms with Crippen LogP contribution in [0.1, 0.15) is 11.9 Å². The molecule has 3 heterocycles. The molecule has 1 atom stereocenters. The molecule has 1 fully saturated rings. The number of morpholine rings is 1. The third-order valence-corrected chi connectivity index (χ3v) is 3.06. The Bertz CT molecular complexity index is 505. The molecule has 8 nitrogen and oxygen atoms in total. The lowest BCUT2D eigenvalue weighted by molar-refractivity contribution is 0.0348. The molecule has 8 heteroatoms. The zero-order chi connectivity index (χ0) is 13.1. The van der Waals surface area contributed by atoms with E-state index in [0.29, 0.717) is 24.0 Å². The van der Waals surface area contributed by atoms with Crippen molar-refractivity contribution in [1.82, 2.24) is 25.2 Å². The predicted molar refractivity (Wildman–Crippen MR) is 66.1 cm³/mol. The van der Waals surface area contributed by atoms with E-state index in [4.69, 9.17) is 15.0 Å². The number of aromatic nitrogens is 4. The van der Waals surface area contributed by atoms with Gasteiger partial charge in [-0.2, -0.15) is 10.1 Å². The van der Waals surface area contributed by atoms with Gasteiger partial charge in [-0.25, -0.2) is 0 Å². The van der Waals surface area contributed by atoms with Gasteiger partial charge in [0, 0.05) is 25.8 Å². The first-order valence-corrected chi connectivity index (χ1v) is 6.22. The van der Waals surface area contributed by atoms with Crippen LogP contribution in [0.4, 0.5) is 0 Å². The molecule has 3 rings (SSSR count). The summed E-state index contributed by atoms with van der Waals surface area (Å²) in [6.07, 6.45) is 1.63. The quantitative estimate of drug-likeness (QED) is 0.787. The second-order valence-electron chi connectivity index (χ2n) is 4.45. The van der Waals surface area contributed by atoms with Crippen LogP contribution >= 0.6 is 0 Å². The van der Waals surface area contributed by atoms with Crippen LogP contribution in [0.5, 0.6) is 0 Å². The zero-order valence-electron chi connectivity index (χ0n) is 10.5. The summed E-state index contributed by atoms with van der Waals surface area (Å²) in [5, 5.41) is 10.5. The highest BCUT2D eigenvalue weighted by Crippen LogP contribution is 2.16. The van der Waals surface area contributed by atoms with E-state index in [2.05, 4.69) is 25.2 Å². The van der Waals surface area contributed by atoms with E-state index < -0.39 is 0 Å². The lowest BCUT2D eigenvalue weighted by Crippen LogP contribution is -2.40. The predicted octanol–water partition coefficient (Wildman–Crippen LogP) is -0.208. The van der Waals surface area contributed by atoms with Crippen molar-refractivity contribution in [2.75, 3.05) is 32.8 Å². The highest BCUT2D eigenvalue weighted by Gasteiger charge is 2.20. The highest BCUT2D eigenvalue weighted by molar-refractivity contribution is 5.44. The molecule has 0 saturated carbocycles.